The van der Waals surface area contributed by atoms with Gasteiger partial charge in [0.2, 0.25) is 5.91 Å². The van der Waals surface area contributed by atoms with Crippen molar-refractivity contribution in [3.63, 3.8) is 0 Å². The molecule has 1 atom stereocenters. The van der Waals surface area contributed by atoms with Gasteiger partial charge in [-0.05, 0) is 0 Å². The number of carbonyl (C=O) groups excluding carboxylic acids is 1. The van der Waals surface area contributed by atoms with Crippen molar-refractivity contribution in [2.75, 3.05) is 17.2 Å². The van der Waals surface area contributed by atoms with Gasteiger partial charge in [0.05, 0.1) is 11.4 Å². The van der Waals surface area contributed by atoms with E-state index in [-0.39, 0.29) is 27.2 Å². The Balaban J connectivity index is 2.44. The number of hydrogen-bond acceptors (Lipinski definition) is 4. The highest BCUT2D eigenvalue weighted by Crippen LogP contribution is 2.34. The molecule has 1 aliphatic rings. The average Bonchev–Trinajstić information content (AvgIpc) is 2.51. The molecule has 86 valence electrons. The Kier molecular flexibility index (Phi) is 3.19. The Morgan fingerprint density at radius 2 is 2.25 bits per heavy atom. The maximum Gasteiger partial charge on any atom is 0.228 e. The fraction of sp³-hybridized carbons (Fsp3) is 0.333. The van der Waals surface area contributed by atoms with Gasteiger partial charge in [0.15, 0.2) is 5.15 Å². The molecule has 7 heteroatoms. The van der Waals surface area contributed by atoms with Crippen LogP contribution < -0.4 is 10.6 Å². The molecule has 0 aromatic carbocycles. The summed E-state index contributed by atoms with van der Waals surface area (Å²) < 4.78 is 0. The zero-order valence-corrected chi connectivity index (χ0v) is 10.6. The zero-order chi connectivity index (χ0) is 11.9. The van der Waals surface area contributed by atoms with Gasteiger partial charge in [-0.25, -0.2) is 4.98 Å². The number of halogens is 2. The second-order valence-electron chi connectivity index (χ2n) is 3.53. The highest BCUT2D eigenvalue weighted by Gasteiger charge is 2.30. The minimum atomic E-state index is -0.0370. The fourth-order valence-corrected chi connectivity index (χ4v) is 2.37. The predicted molar refractivity (Wildman–Crippen MR) is 68.4 cm³/mol. The van der Waals surface area contributed by atoms with Gasteiger partial charge in [0, 0.05) is 24.3 Å². The van der Waals surface area contributed by atoms with Crippen LogP contribution >= 0.6 is 35.8 Å². The van der Waals surface area contributed by atoms with Crippen LogP contribution in [0.4, 0.5) is 11.4 Å². The third-order valence-corrected chi connectivity index (χ3v) is 3.18. The van der Waals surface area contributed by atoms with E-state index in [0.29, 0.717) is 18.7 Å². The summed E-state index contributed by atoms with van der Waals surface area (Å²) in [4.78, 5) is 17.0. The van der Waals surface area contributed by atoms with Crippen molar-refractivity contribution in [2.24, 2.45) is 0 Å². The summed E-state index contributed by atoms with van der Waals surface area (Å²) in [5.41, 5.74) is 6.54. The third-order valence-electron chi connectivity index (χ3n) is 2.35. The minimum absolute atomic E-state index is 0.0117. The second kappa shape index (κ2) is 4.31. The van der Waals surface area contributed by atoms with E-state index < -0.39 is 0 Å². The molecule has 1 saturated heterocycles. The molecule has 0 spiro atoms. The highest BCUT2D eigenvalue weighted by molar-refractivity contribution is 7.81. The molecule has 1 aromatic rings. The molecule has 0 saturated carbocycles. The lowest BCUT2D eigenvalue weighted by Crippen LogP contribution is -2.25. The topological polar surface area (TPSA) is 59.2 Å². The Labute approximate surface area is 108 Å². The molecule has 2 heterocycles. The highest BCUT2D eigenvalue weighted by atomic mass is 35.5. The normalized spacial score (nSPS) is 20.6. The Morgan fingerprint density at radius 3 is 2.81 bits per heavy atom. The largest absolute Gasteiger partial charge is 0.395 e. The summed E-state index contributed by atoms with van der Waals surface area (Å²) in [6.45, 7) is 0.503. The van der Waals surface area contributed by atoms with Crippen molar-refractivity contribution in [1.82, 2.24) is 4.98 Å². The Morgan fingerprint density at radius 1 is 1.56 bits per heavy atom. The first-order chi connectivity index (χ1) is 7.49. The molecule has 1 unspecified atom stereocenters. The lowest BCUT2D eigenvalue weighted by atomic mass is 10.3. The first-order valence-corrected chi connectivity index (χ1v) is 5.86. The number of nitrogen functional groups attached to an aromatic ring is 1. The van der Waals surface area contributed by atoms with Crippen molar-refractivity contribution in [3.8, 4) is 0 Å². The van der Waals surface area contributed by atoms with Crippen LogP contribution in [0.5, 0.6) is 0 Å². The predicted octanol–water partition coefficient (Wildman–Crippen LogP) is 2.01. The molecule has 1 aliphatic heterocycles. The number of rotatable bonds is 1. The molecule has 16 heavy (non-hydrogen) atoms. The number of nitrogens with zero attached hydrogens (tertiary/aromatic N) is 2. The molecular weight excluding hydrogens is 269 g/mol. The average molecular weight is 278 g/mol. The minimum Gasteiger partial charge on any atom is -0.395 e. The number of anilines is 2. The van der Waals surface area contributed by atoms with Gasteiger partial charge in [-0.15, -0.1) is 0 Å². The van der Waals surface area contributed by atoms with E-state index in [2.05, 4.69) is 17.6 Å². The van der Waals surface area contributed by atoms with Crippen LogP contribution in [-0.4, -0.2) is 22.7 Å². The first kappa shape index (κ1) is 11.8. The molecular formula is C9H9Cl2N3OS. The molecule has 1 aromatic heterocycles. The summed E-state index contributed by atoms with van der Waals surface area (Å²) in [5.74, 6) is -0.0370. The number of thiol groups is 1. The molecule has 1 amide bonds. The van der Waals surface area contributed by atoms with Crippen LogP contribution in [0.15, 0.2) is 6.07 Å². The second-order valence-corrected chi connectivity index (χ2v) is 5.01. The van der Waals surface area contributed by atoms with E-state index >= 15 is 0 Å². The number of pyridine rings is 1. The summed E-state index contributed by atoms with van der Waals surface area (Å²) in [6, 6.07) is 1.53. The van der Waals surface area contributed by atoms with Crippen LogP contribution in [0, 0.1) is 0 Å². The van der Waals surface area contributed by atoms with Crippen LogP contribution in [0.1, 0.15) is 6.42 Å². The molecule has 0 bridgehead atoms. The smallest absolute Gasteiger partial charge is 0.228 e. The van der Waals surface area contributed by atoms with E-state index in [1.54, 1.807) is 0 Å². The fourth-order valence-electron chi connectivity index (χ4n) is 1.63. The molecule has 0 aliphatic carbocycles. The van der Waals surface area contributed by atoms with Crippen molar-refractivity contribution < 1.29 is 4.79 Å². The summed E-state index contributed by atoms with van der Waals surface area (Å²) in [5, 5.41) is 0.333. The summed E-state index contributed by atoms with van der Waals surface area (Å²) in [7, 11) is 0. The van der Waals surface area contributed by atoms with E-state index in [1.807, 2.05) is 0 Å². The number of carbonyl (C=O) groups is 1. The molecule has 4 nitrogen and oxygen atoms in total. The van der Waals surface area contributed by atoms with Crippen LogP contribution in [0.2, 0.25) is 10.3 Å². The molecule has 1 fully saturated rings. The first-order valence-electron chi connectivity index (χ1n) is 4.59. The van der Waals surface area contributed by atoms with E-state index in [4.69, 9.17) is 28.9 Å². The third kappa shape index (κ3) is 2.07. The van der Waals surface area contributed by atoms with Crippen LogP contribution in [-0.2, 0) is 4.79 Å². The van der Waals surface area contributed by atoms with Gasteiger partial charge >= 0.3 is 0 Å². The number of amides is 1. The van der Waals surface area contributed by atoms with Gasteiger partial charge in [-0.2, -0.15) is 12.6 Å². The zero-order valence-electron chi connectivity index (χ0n) is 8.15. The van der Waals surface area contributed by atoms with Crippen molar-refractivity contribution >= 4 is 53.1 Å². The van der Waals surface area contributed by atoms with Gasteiger partial charge < -0.3 is 10.6 Å². The SMILES string of the molecule is Nc1c(N2CC(S)CC2=O)cc(Cl)nc1Cl. The molecule has 0 radical (unpaired) electrons. The standard InChI is InChI=1S/C9H9Cl2N3OS/c10-6-2-5(8(12)9(11)13-6)14-3-4(16)1-7(14)15/h2,4,16H,1,3,12H2. The summed E-state index contributed by atoms with van der Waals surface area (Å²) in [6.07, 6.45) is 0.389. The van der Waals surface area contributed by atoms with Crippen LogP contribution in [0.25, 0.3) is 0 Å². The molecule has 2 N–H and O–H groups in total. The van der Waals surface area contributed by atoms with Crippen molar-refractivity contribution in [2.45, 2.75) is 11.7 Å². The van der Waals surface area contributed by atoms with Gasteiger partial charge in [0.25, 0.3) is 0 Å². The number of nitrogens with two attached hydrogens (primary N) is 1. The van der Waals surface area contributed by atoms with Crippen molar-refractivity contribution in [1.29, 1.82) is 0 Å². The molecule has 2 rings (SSSR count). The van der Waals surface area contributed by atoms with Crippen LogP contribution in [0.3, 0.4) is 0 Å². The lowest BCUT2D eigenvalue weighted by Gasteiger charge is -2.18. The van der Waals surface area contributed by atoms with E-state index in [9.17, 15) is 4.79 Å². The van der Waals surface area contributed by atoms with E-state index in [1.165, 1.54) is 11.0 Å². The van der Waals surface area contributed by atoms with Crippen molar-refractivity contribution in [3.05, 3.63) is 16.4 Å². The Hall–Kier alpha value is -0.650. The lowest BCUT2D eigenvalue weighted by molar-refractivity contribution is -0.117. The van der Waals surface area contributed by atoms with E-state index in [0.717, 1.165) is 0 Å². The van der Waals surface area contributed by atoms with Gasteiger partial charge in [0.1, 0.15) is 5.15 Å². The Bertz CT molecular complexity index is 455. The number of aromatic nitrogens is 1. The maximum atomic E-state index is 11.7. The number of hydrogen-bond donors (Lipinski definition) is 2. The van der Waals surface area contributed by atoms with Gasteiger partial charge in [-0.1, -0.05) is 23.2 Å². The maximum absolute atomic E-state index is 11.7. The monoisotopic (exact) mass is 277 g/mol. The van der Waals surface area contributed by atoms with Gasteiger partial charge in [-0.3, -0.25) is 4.79 Å². The quantitative estimate of drug-likeness (QED) is 0.610. The summed E-state index contributed by atoms with van der Waals surface area (Å²) >= 11 is 15.8.